The molecule has 0 aromatic carbocycles. The van der Waals surface area contributed by atoms with Gasteiger partial charge in [-0.25, -0.2) is 0 Å². The van der Waals surface area contributed by atoms with Crippen LogP contribution in [0.1, 0.15) is 31.2 Å². The molecule has 0 radical (unpaired) electrons. The maximum Gasteiger partial charge on any atom is 0.332 e. The third kappa shape index (κ3) is 0.973. The van der Waals surface area contributed by atoms with E-state index in [4.69, 9.17) is 0 Å². The van der Waals surface area contributed by atoms with Gasteiger partial charge in [0.1, 0.15) is 0 Å². The second-order valence-electron chi connectivity index (χ2n) is 4.82. The standard InChI is InChI=1S/C9H12N4O4/c1-5-4-8(14)7-6(13(16)17-11-7)2-3-9(8,10)12(5)15/h14H,2-4,10H2,1H3/p+1/t8-,9-/m0/s1. The van der Waals surface area contributed by atoms with Crippen LogP contribution >= 0.6 is 0 Å². The molecule has 3 rings (SSSR count). The largest absolute Gasteiger partial charge is 0.619 e. The fourth-order valence-electron chi connectivity index (χ4n) is 2.87. The summed E-state index contributed by atoms with van der Waals surface area (Å²) in [6.45, 7) is 1.64. The van der Waals surface area contributed by atoms with Crippen molar-refractivity contribution in [2.75, 3.05) is 0 Å². The molecule has 0 unspecified atom stereocenters. The fourth-order valence-corrected chi connectivity index (χ4v) is 2.87. The smallest absolute Gasteiger partial charge is 0.332 e. The molecule has 0 saturated carbocycles. The van der Waals surface area contributed by atoms with Crippen molar-refractivity contribution in [3.8, 4) is 0 Å². The van der Waals surface area contributed by atoms with Gasteiger partial charge in [-0.15, -0.1) is 0 Å². The van der Waals surface area contributed by atoms with Crippen LogP contribution in [0.5, 0.6) is 0 Å². The van der Waals surface area contributed by atoms with Crippen LogP contribution in [0, 0.1) is 10.4 Å². The van der Waals surface area contributed by atoms with Gasteiger partial charge in [0.15, 0.2) is 5.71 Å². The van der Waals surface area contributed by atoms with E-state index in [1.54, 1.807) is 6.92 Å². The second-order valence-corrected chi connectivity index (χ2v) is 4.82. The monoisotopic (exact) mass is 241 g/mol. The number of aromatic nitrogens is 2. The third-order valence-electron chi connectivity index (χ3n) is 3.88. The van der Waals surface area contributed by atoms with Gasteiger partial charge in [0, 0.05) is 18.5 Å². The van der Waals surface area contributed by atoms with Gasteiger partial charge in [0.25, 0.3) is 11.3 Å². The van der Waals surface area contributed by atoms with Crippen LogP contribution in [0.15, 0.2) is 4.63 Å². The molecule has 1 aromatic heterocycles. The molecule has 0 saturated heterocycles. The summed E-state index contributed by atoms with van der Waals surface area (Å²) in [5.74, 6) is 0. The number of quaternary nitrogens is 1. The van der Waals surface area contributed by atoms with Crippen LogP contribution in [0.4, 0.5) is 0 Å². The third-order valence-corrected chi connectivity index (χ3v) is 3.88. The zero-order chi connectivity index (χ0) is 12.4. The van der Waals surface area contributed by atoms with Crippen molar-refractivity contribution in [1.29, 1.82) is 0 Å². The minimum absolute atomic E-state index is 0.125. The summed E-state index contributed by atoms with van der Waals surface area (Å²) in [7, 11) is 0. The Labute approximate surface area is 96.1 Å². The minimum Gasteiger partial charge on any atom is -0.619 e. The molecule has 0 spiro atoms. The number of nitrogens with zero attached hydrogens (tertiary/aromatic N) is 3. The van der Waals surface area contributed by atoms with E-state index in [1.165, 1.54) is 0 Å². The van der Waals surface area contributed by atoms with E-state index in [9.17, 15) is 15.5 Å². The molecule has 0 amide bonds. The first-order valence-corrected chi connectivity index (χ1v) is 5.37. The summed E-state index contributed by atoms with van der Waals surface area (Å²) in [6.07, 6.45) is 0.737. The minimum atomic E-state index is -1.54. The van der Waals surface area contributed by atoms with Crippen molar-refractivity contribution >= 4 is 5.71 Å². The molecule has 0 fully saturated rings. The van der Waals surface area contributed by atoms with Crippen LogP contribution in [0.3, 0.4) is 0 Å². The second kappa shape index (κ2) is 2.77. The Bertz CT molecular complexity index is 539. The van der Waals surface area contributed by atoms with Gasteiger partial charge in [-0.05, 0) is 4.90 Å². The van der Waals surface area contributed by atoms with E-state index < -0.39 is 11.3 Å². The fraction of sp³-hybridized carbons (Fsp3) is 0.667. The molecule has 2 aliphatic rings. The molecule has 2 heterocycles. The zero-order valence-corrected chi connectivity index (χ0v) is 9.34. The summed E-state index contributed by atoms with van der Waals surface area (Å²) in [5, 5.41) is 37.6. The summed E-state index contributed by atoms with van der Waals surface area (Å²) in [6, 6.07) is 0. The number of fused-ring (bicyclic) bond motifs is 3. The van der Waals surface area contributed by atoms with E-state index in [0.29, 0.717) is 18.6 Å². The molecular weight excluding hydrogens is 228 g/mol. The Balaban J connectivity index is 2.23. The summed E-state index contributed by atoms with van der Waals surface area (Å²) < 4.78 is 5.24. The molecule has 1 aliphatic carbocycles. The highest BCUT2D eigenvalue weighted by Crippen LogP contribution is 2.44. The molecule has 1 aromatic rings. The molecule has 17 heavy (non-hydrogen) atoms. The molecule has 8 heteroatoms. The van der Waals surface area contributed by atoms with Gasteiger partial charge in [-0.1, -0.05) is 0 Å². The van der Waals surface area contributed by atoms with Crippen LogP contribution in [-0.2, 0) is 12.0 Å². The van der Waals surface area contributed by atoms with Crippen LogP contribution in [0.2, 0.25) is 0 Å². The first-order valence-electron chi connectivity index (χ1n) is 5.37. The summed E-state index contributed by atoms with van der Waals surface area (Å²) >= 11 is 0. The van der Waals surface area contributed by atoms with Gasteiger partial charge < -0.3 is 15.5 Å². The molecule has 8 nitrogen and oxygen atoms in total. The van der Waals surface area contributed by atoms with Crippen molar-refractivity contribution in [1.82, 2.24) is 5.16 Å². The number of aliphatic hydroxyl groups is 1. The van der Waals surface area contributed by atoms with Crippen LogP contribution < -0.4 is 10.6 Å². The number of hydrogen-bond donors (Lipinski definition) is 2. The molecule has 1 aliphatic heterocycles. The van der Waals surface area contributed by atoms with Gasteiger partial charge in [0.2, 0.25) is 5.69 Å². The van der Waals surface area contributed by atoms with E-state index >= 15 is 0 Å². The Morgan fingerprint density at radius 1 is 1.53 bits per heavy atom. The predicted molar refractivity (Wildman–Crippen MR) is 52.2 cm³/mol. The van der Waals surface area contributed by atoms with Gasteiger partial charge in [-0.2, -0.15) is 4.74 Å². The lowest BCUT2D eigenvalue weighted by atomic mass is 9.76. The van der Waals surface area contributed by atoms with Crippen molar-refractivity contribution in [3.05, 3.63) is 21.8 Å². The van der Waals surface area contributed by atoms with Gasteiger partial charge in [-0.3, -0.25) is 10.4 Å². The number of rotatable bonds is 0. The molecule has 92 valence electrons. The lowest BCUT2D eigenvalue weighted by molar-refractivity contribution is -0.810. The number of hydrogen-bond acceptors (Lipinski definition) is 5. The average Bonchev–Trinajstić information content (AvgIpc) is 2.72. The summed E-state index contributed by atoms with van der Waals surface area (Å²) in [5.41, 5.74) is 2.02. The van der Waals surface area contributed by atoms with Crippen molar-refractivity contribution in [3.63, 3.8) is 0 Å². The Morgan fingerprint density at radius 2 is 2.24 bits per heavy atom. The molecule has 2 atom stereocenters. The van der Waals surface area contributed by atoms with Crippen molar-refractivity contribution in [2.45, 2.75) is 37.5 Å². The summed E-state index contributed by atoms with van der Waals surface area (Å²) in [4.78, 5) is 0.287. The normalized spacial score (nSPS) is 35.9. The highest BCUT2D eigenvalue weighted by atomic mass is 16.8. The zero-order valence-electron chi connectivity index (χ0n) is 9.34. The lowest BCUT2D eigenvalue weighted by Crippen LogP contribution is -2.84. The maximum atomic E-state index is 12.0. The average molecular weight is 241 g/mol. The molecular formula is C9H13N4O4+. The van der Waals surface area contributed by atoms with E-state index in [-0.39, 0.29) is 22.7 Å². The first kappa shape index (κ1) is 10.5. The number of hydroxylamine groups is 1. The lowest BCUT2D eigenvalue weighted by Gasteiger charge is -2.32. The topological polar surface area (TPSA) is 127 Å². The quantitative estimate of drug-likeness (QED) is 0.392. The molecule has 0 bridgehead atoms. The van der Waals surface area contributed by atoms with Gasteiger partial charge >= 0.3 is 5.66 Å². The Hall–Kier alpha value is -1.67. The van der Waals surface area contributed by atoms with Crippen molar-refractivity contribution < 1.29 is 25.1 Å². The highest BCUT2D eigenvalue weighted by molar-refractivity contribution is 5.80. The molecule has 4 N–H and O–H groups in total. The van der Waals surface area contributed by atoms with E-state index in [1.807, 2.05) is 0 Å². The van der Waals surface area contributed by atoms with E-state index in [2.05, 4.69) is 15.5 Å². The Morgan fingerprint density at radius 3 is 2.94 bits per heavy atom. The van der Waals surface area contributed by atoms with E-state index in [0.717, 1.165) is 4.74 Å². The SMILES string of the molecule is CC1=[N+]([O-])[C@@]2([NH3+])CCc3c(no[n+]3[O-])[C@@]2(O)C1. The van der Waals surface area contributed by atoms with Crippen molar-refractivity contribution in [2.24, 2.45) is 0 Å². The van der Waals surface area contributed by atoms with Crippen LogP contribution in [0.25, 0.3) is 0 Å². The maximum absolute atomic E-state index is 12.0. The van der Waals surface area contributed by atoms with Gasteiger partial charge in [0.05, 0.1) is 12.8 Å². The predicted octanol–water partition coefficient (Wildman–Crippen LogP) is -2.25. The highest BCUT2D eigenvalue weighted by Gasteiger charge is 2.72. The van der Waals surface area contributed by atoms with Crippen LogP contribution in [-0.4, -0.2) is 26.4 Å². The Kier molecular flexibility index (Phi) is 1.71. The first-order chi connectivity index (χ1) is 7.90.